The van der Waals surface area contributed by atoms with E-state index in [4.69, 9.17) is 4.74 Å². The number of esters is 1. The topological polar surface area (TPSA) is 53.1 Å². The van der Waals surface area contributed by atoms with Gasteiger partial charge in [0.15, 0.2) is 0 Å². The summed E-state index contributed by atoms with van der Waals surface area (Å²) in [6, 6.07) is 10.6. The van der Waals surface area contributed by atoms with E-state index in [-0.39, 0.29) is 28.8 Å². The Balaban J connectivity index is 1.24. The fourth-order valence-corrected chi connectivity index (χ4v) is 6.65. The first-order valence-electron chi connectivity index (χ1n) is 14.6. The van der Waals surface area contributed by atoms with E-state index < -0.39 is 5.41 Å². The van der Waals surface area contributed by atoms with Crippen LogP contribution in [0.2, 0.25) is 0 Å². The molecule has 206 valence electrons. The zero-order valence-corrected chi connectivity index (χ0v) is 23.9. The number of amides is 1. The van der Waals surface area contributed by atoms with E-state index in [1.54, 1.807) is 0 Å². The number of anilines is 1. The molecule has 3 heterocycles. The molecule has 1 aromatic carbocycles. The average molecular weight is 512 g/mol. The van der Waals surface area contributed by atoms with Gasteiger partial charge in [-0.1, -0.05) is 59.2 Å². The molecule has 2 atom stereocenters. The Bertz CT molecular complexity index is 917. The lowest BCUT2D eigenvalue weighted by atomic mass is 9.69. The maximum Gasteiger partial charge on any atom is 0.312 e. The van der Waals surface area contributed by atoms with Gasteiger partial charge in [-0.05, 0) is 49.7 Å². The Morgan fingerprint density at radius 3 is 2.22 bits per heavy atom. The SMILES string of the molecule is CCC(C)(C)CC(C)(CC)C(=O)N1CCC2(CC1)CC(CCN1CCN(c3ccccc3)CC1)OC2=O. The minimum absolute atomic E-state index is 0.00756. The minimum atomic E-state index is -0.390. The highest BCUT2D eigenvalue weighted by atomic mass is 16.6. The molecule has 0 N–H and O–H groups in total. The monoisotopic (exact) mass is 511 g/mol. The van der Waals surface area contributed by atoms with Gasteiger partial charge in [-0.3, -0.25) is 14.5 Å². The predicted octanol–water partition coefficient (Wildman–Crippen LogP) is 5.37. The number of hydrogen-bond acceptors (Lipinski definition) is 5. The standard InChI is InChI=1S/C31H49N3O3/c1-6-29(3,4)24-30(5,7-2)27(35)34-17-14-31(15-18-34)23-26(37-28(31)36)13-16-32-19-21-33(22-20-32)25-11-9-8-10-12-25/h8-12,26H,6-7,13-24H2,1-5H3. The van der Waals surface area contributed by atoms with Crippen molar-refractivity contribution in [1.29, 1.82) is 0 Å². The van der Waals surface area contributed by atoms with Crippen LogP contribution in [0.4, 0.5) is 5.69 Å². The van der Waals surface area contributed by atoms with E-state index in [2.05, 4.69) is 74.8 Å². The smallest absolute Gasteiger partial charge is 0.312 e. The van der Waals surface area contributed by atoms with E-state index in [9.17, 15) is 9.59 Å². The molecule has 2 unspecified atom stereocenters. The number of ether oxygens (including phenoxy) is 1. The number of para-hydroxylation sites is 1. The molecule has 6 nitrogen and oxygen atoms in total. The van der Waals surface area contributed by atoms with Crippen molar-refractivity contribution in [3.05, 3.63) is 30.3 Å². The third kappa shape index (κ3) is 6.32. The highest BCUT2D eigenvalue weighted by Crippen LogP contribution is 2.46. The van der Waals surface area contributed by atoms with Crippen LogP contribution in [0.5, 0.6) is 0 Å². The van der Waals surface area contributed by atoms with Crippen molar-refractivity contribution in [2.45, 2.75) is 85.7 Å². The van der Waals surface area contributed by atoms with Crippen molar-refractivity contribution in [3.63, 3.8) is 0 Å². The largest absolute Gasteiger partial charge is 0.462 e. The number of piperazine rings is 1. The number of carbonyl (C=O) groups excluding carboxylic acids is 2. The maximum atomic E-state index is 13.6. The molecule has 0 aliphatic carbocycles. The van der Waals surface area contributed by atoms with Crippen LogP contribution < -0.4 is 4.90 Å². The molecule has 3 saturated heterocycles. The Labute approximate surface area is 224 Å². The van der Waals surface area contributed by atoms with Crippen LogP contribution in [0.1, 0.15) is 79.6 Å². The second-order valence-corrected chi connectivity index (χ2v) is 12.9. The summed E-state index contributed by atoms with van der Waals surface area (Å²) in [5.41, 5.74) is 0.715. The molecule has 0 bridgehead atoms. The molecule has 0 saturated carbocycles. The van der Waals surface area contributed by atoms with E-state index >= 15 is 0 Å². The van der Waals surface area contributed by atoms with Crippen LogP contribution in [0, 0.1) is 16.2 Å². The summed E-state index contributed by atoms with van der Waals surface area (Å²) >= 11 is 0. The Kier molecular flexibility index (Phi) is 8.57. The summed E-state index contributed by atoms with van der Waals surface area (Å²) in [6.07, 6.45) is 6.01. The lowest BCUT2D eigenvalue weighted by Gasteiger charge is -2.43. The molecule has 37 heavy (non-hydrogen) atoms. The Hall–Kier alpha value is -2.08. The van der Waals surface area contributed by atoms with Crippen LogP contribution in [-0.2, 0) is 14.3 Å². The third-order valence-corrected chi connectivity index (χ3v) is 9.72. The van der Waals surface area contributed by atoms with Crippen LogP contribution in [0.3, 0.4) is 0 Å². The highest BCUT2D eigenvalue weighted by molar-refractivity contribution is 5.84. The van der Waals surface area contributed by atoms with Gasteiger partial charge in [0.1, 0.15) is 6.10 Å². The number of benzene rings is 1. The Morgan fingerprint density at radius 1 is 0.973 bits per heavy atom. The van der Waals surface area contributed by atoms with E-state index in [1.807, 2.05) is 4.90 Å². The summed E-state index contributed by atoms with van der Waals surface area (Å²) < 4.78 is 5.92. The first-order chi connectivity index (χ1) is 17.6. The van der Waals surface area contributed by atoms with Crippen molar-refractivity contribution < 1.29 is 14.3 Å². The van der Waals surface area contributed by atoms with Crippen LogP contribution in [0.25, 0.3) is 0 Å². The molecule has 1 aromatic rings. The van der Waals surface area contributed by atoms with Gasteiger partial charge in [-0.25, -0.2) is 0 Å². The van der Waals surface area contributed by atoms with Crippen LogP contribution >= 0.6 is 0 Å². The molecule has 3 fully saturated rings. The van der Waals surface area contributed by atoms with Gasteiger partial charge in [0, 0.05) is 63.3 Å². The molecule has 3 aliphatic rings. The van der Waals surface area contributed by atoms with Gasteiger partial charge in [0.05, 0.1) is 5.41 Å². The van der Waals surface area contributed by atoms with Crippen LogP contribution in [0.15, 0.2) is 30.3 Å². The summed E-state index contributed by atoms with van der Waals surface area (Å²) in [5.74, 6) is 0.243. The van der Waals surface area contributed by atoms with E-state index in [1.165, 1.54) is 5.69 Å². The summed E-state index contributed by atoms with van der Waals surface area (Å²) in [4.78, 5) is 33.6. The zero-order valence-electron chi connectivity index (χ0n) is 23.9. The van der Waals surface area contributed by atoms with Gasteiger partial charge in [0.25, 0.3) is 0 Å². The second-order valence-electron chi connectivity index (χ2n) is 12.9. The first-order valence-corrected chi connectivity index (χ1v) is 14.6. The number of likely N-dealkylation sites (tertiary alicyclic amines) is 1. The molecule has 6 heteroatoms. The van der Waals surface area contributed by atoms with Gasteiger partial charge >= 0.3 is 5.97 Å². The molecule has 4 rings (SSSR count). The third-order valence-electron chi connectivity index (χ3n) is 9.72. The predicted molar refractivity (Wildman–Crippen MR) is 150 cm³/mol. The van der Waals surface area contributed by atoms with Crippen molar-refractivity contribution in [3.8, 4) is 0 Å². The van der Waals surface area contributed by atoms with Crippen LogP contribution in [-0.4, -0.2) is 73.6 Å². The van der Waals surface area contributed by atoms with Gasteiger partial charge < -0.3 is 14.5 Å². The zero-order chi connectivity index (χ0) is 26.7. The molecular weight excluding hydrogens is 462 g/mol. The number of hydrogen-bond donors (Lipinski definition) is 0. The van der Waals surface area contributed by atoms with Crippen molar-refractivity contribution in [2.24, 2.45) is 16.2 Å². The summed E-state index contributed by atoms with van der Waals surface area (Å²) in [7, 11) is 0. The first kappa shape index (κ1) is 27.9. The number of piperidine rings is 1. The van der Waals surface area contributed by atoms with E-state index in [0.29, 0.717) is 13.1 Å². The molecule has 0 aromatic heterocycles. The van der Waals surface area contributed by atoms with E-state index in [0.717, 1.165) is 77.7 Å². The highest BCUT2D eigenvalue weighted by Gasteiger charge is 2.51. The molecule has 1 amide bonds. The van der Waals surface area contributed by atoms with Gasteiger partial charge in [-0.2, -0.15) is 0 Å². The molecule has 1 spiro atoms. The fraction of sp³-hybridized carbons (Fsp3) is 0.742. The lowest BCUT2D eigenvalue weighted by molar-refractivity contribution is -0.155. The van der Waals surface area contributed by atoms with Crippen molar-refractivity contribution in [2.75, 3.05) is 50.7 Å². The normalized spacial score (nSPS) is 24.2. The molecular formula is C31H49N3O3. The summed E-state index contributed by atoms with van der Waals surface area (Å²) in [6.45, 7) is 17.5. The minimum Gasteiger partial charge on any atom is -0.462 e. The van der Waals surface area contributed by atoms with Gasteiger partial charge in [-0.15, -0.1) is 0 Å². The fourth-order valence-electron chi connectivity index (χ4n) is 6.65. The Morgan fingerprint density at radius 2 is 1.62 bits per heavy atom. The average Bonchev–Trinajstić information content (AvgIpc) is 3.22. The van der Waals surface area contributed by atoms with Gasteiger partial charge in [0.2, 0.25) is 5.91 Å². The maximum absolute atomic E-state index is 13.6. The molecule has 0 radical (unpaired) electrons. The second kappa shape index (κ2) is 11.3. The summed E-state index contributed by atoms with van der Waals surface area (Å²) in [5, 5.41) is 0. The number of nitrogens with zero attached hydrogens (tertiary/aromatic N) is 3. The molecule has 3 aliphatic heterocycles. The number of rotatable bonds is 9. The van der Waals surface area contributed by atoms with Crippen molar-refractivity contribution in [1.82, 2.24) is 9.80 Å². The quantitative estimate of drug-likeness (QED) is 0.418. The lowest BCUT2D eigenvalue weighted by Crippen LogP contribution is -2.50. The number of carbonyl (C=O) groups is 2. The number of cyclic esters (lactones) is 1. The van der Waals surface area contributed by atoms with Crippen molar-refractivity contribution >= 4 is 17.6 Å².